The molecule has 0 aliphatic heterocycles. The van der Waals surface area contributed by atoms with Crippen LogP contribution in [-0.2, 0) is 0 Å². The predicted molar refractivity (Wildman–Crippen MR) is 62.1 cm³/mol. The summed E-state index contributed by atoms with van der Waals surface area (Å²) in [5.74, 6) is 2.34. The molecule has 1 aromatic rings. The lowest BCUT2D eigenvalue weighted by molar-refractivity contribution is 0.759. The first-order chi connectivity index (χ1) is 6.22. The molecular formula is C10H12Cl2S. The minimum Gasteiger partial charge on any atom is -0.126 e. The molecule has 0 N–H and O–H groups in total. The Hall–Kier alpha value is 0.150. The Bertz CT molecular complexity index is 246. The molecule has 0 saturated heterocycles. The normalized spacial score (nSPS) is 12.8. The molecule has 1 aromatic carbocycles. The first-order valence-electron chi connectivity index (χ1n) is 4.16. The van der Waals surface area contributed by atoms with E-state index in [2.05, 4.69) is 6.92 Å². The molecular weight excluding hydrogens is 223 g/mol. The van der Waals surface area contributed by atoms with E-state index in [9.17, 15) is 0 Å². The molecule has 1 unspecified atom stereocenters. The summed E-state index contributed by atoms with van der Waals surface area (Å²) in [6.45, 7) is 2.15. The van der Waals surface area contributed by atoms with Gasteiger partial charge in [-0.25, -0.2) is 0 Å². The van der Waals surface area contributed by atoms with Crippen molar-refractivity contribution in [2.24, 2.45) is 5.92 Å². The van der Waals surface area contributed by atoms with Gasteiger partial charge in [-0.3, -0.25) is 0 Å². The molecule has 0 radical (unpaired) electrons. The number of thioether (sulfide) groups is 1. The third-order valence-electron chi connectivity index (χ3n) is 1.61. The van der Waals surface area contributed by atoms with Gasteiger partial charge < -0.3 is 0 Å². The van der Waals surface area contributed by atoms with Crippen molar-refractivity contribution < 1.29 is 0 Å². The Morgan fingerprint density at radius 2 is 1.92 bits per heavy atom. The molecule has 0 nitrogen and oxygen atoms in total. The highest BCUT2D eigenvalue weighted by molar-refractivity contribution is 7.99. The Morgan fingerprint density at radius 3 is 2.46 bits per heavy atom. The number of benzene rings is 1. The summed E-state index contributed by atoms with van der Waals surface area (Å²) >= 11 is 13.3. The number of halogens is 2. The van der Waals surface area contributed by atoms with Crippen molar-refractivity contribution in [1.29, 1.82) is 0 Å². The second-order valence-electron chi connectivity index (χ2n) is 3.02. The average Bonchev–Trinajstić information content (AvgIpc) is 2.16. The van der Waals surface area contributed by atoms with Gasteiger partial charge in [0.05, 0.1) is 0 Å². The van der Waals surface area contributed by atoms with E-state index in [0.29, 0.717) is 5.92 Å². The standard InChI is InChI=1S/C10H12Cl2S/c1-8(6-11)7-13-10-4-2-9(12)3-5-10/h2-5,8H,6-7H2,1H3. The molecule has 0 spiro atoms. The van der Waals surface area contributed by atoms with Crippen molar-refractivity contribution in [3.8, 4) is 0 Å². The van der Waals surface area contributed by atoms with E-state index < -0.39 is 0 Å². The van der Waals surface area contributed by atoms with Crippen molar-refractivity contribution in [3.63, 3.8) is 0 Å². The minimum atomic E-state index is 0.558. The van der Waals surface area contributed by atoms with Gasteiger partial charge in [-0.1, -0.05) is 18.5 Å². The summed E-state index contributed by atoms with van der Waals surface area (Å²) in [5, 5.41) is 0.787. The van der Waals surface area contributed by atoms with Crippen LogP contribution in [0.2, 0.25) is 5.02 Å². The van der Waals surface area contributed by atoms with Crippen LogP contribution in [0.3, 0.4) is 0 Å². The monoisotopic (exact) mass is 234 g/mol. The number of hydrogen-bond acceptors (Lipinski definition) is 1. The zero-order valence-corrected chi connectivity index (χ0v) is 9.79. The predicted octanol–water partition coefficient (Wildman–Crippen LogP) is 4.31. The van der Waals surface area contributed by atoms with Crippen molar-refractivity contribution in [2.75, 3.05) is 11.6 Å². The van der Waals surface area contributed by atoms with Gasteiger partial charge in [0.2, 0.25) is 0 Å². The Morgan fingerprint density at radius 1 is 1.31 bits per heavy atom. The van der Waals surface area contributed by atoms with Gasteiger partial charge in [0.15, 0.2) is 0 Å². The van der Waals surface area contributed by atoms with Gasteiger partial charge >= 0.3 is 0 Å². The minimum absolute atomic E-state index is 0.558. The highest BCUT2D eigenvalue weighted by Gasteiger charge is 2.00. The largest absolute Gasteiger partial charge is 0.126 e. The van der Waals surface area contributed by atoms with E-state index in [4.69, 9.17) is 23.2 Å². The van der Waals surface area contributed by atoms with Gasteiger partial charge in [-0.2, -0.15) is 0 Å². The van der Waals surface area contributed by atoms with Crippen LogP contribution in [0.4, 0.5) is 0 Å². The fraction of sp³-hybridized carbons (Fsp3) is 0.400. The van der Waals surface area contributed by atoms with E-state index in [-0.39, 0.29) is 0 Å². The molecule has 0 bridgehead atoms. The highest BCUT2D eigenvalue weighted by atomic mass is 35.5. The third kappa shape index (κ3) is 4.26. The van der Waals surface area contributed by atoms with Crippen LogP contribution in [-0.4, -0.2) is 11.6 Å². The van der Waals surface area contributed by atoms with E-state index in [0.717, 1.165) is 16.7 Å². The molecule has 1 rings (SSSR count). The second kappa shape index (κ2) is 5.79. The molecule has 13 heavy (non-hydrogen) atoms. The average molecular weight is 235 g/mol. The summed E-state index contributed by atoms with van der Waals surface area (Å²) < 4.78 is 0. The topological polar surface area (TPSA) is 0 Å². The SMILES string of the molecule is CC(CCl)CSc1ccc(Cl)cc1. The molecule has 0 heterocycles. The first-order valence-corrected chi connectivity index (χ1v) is 6.06. The Balaban J connectivity index is 2.41. The lowest BCUT2D eigenvalue weighted by Gasteiger charge is -2.06. The smallest absolute Gasteiger partial charge is 0.0406 e. The van der Waals surface area contributed by atoms with Crippen LogP contribution >= 0.6 is 35.0 Å². The Kier molecular flexibility index (Phi) is 5.00. The molecule has 72 valence electrons. The molecule has 0 amide bonds. The lowest BCUT2D eigenvalue weighted by Crippen LogP contribution is -1.98. The summed E-state index contributed by atoms with van der Waals surface area (Å²) in [6.07, 6.45) is 0. The van der Waals surface area contributed by atoms with E-state index >= 15 is 0 Å². The zero-order valence-electron chi connectivity index (χ0n) is 7.47. The van der Waals surface area contributed by atoms with Crippen LogP contribution in [0.15, 0.2) is 29.2 Å². The van der Waals surface area contributed by atoms with E-state index in [1.165, 1.54) is 4.90 Å². The number of hydrogen-bond donors (Lipinski definition) is 0. The van der Waals surface area contributed by atoms with Crippen LogP contribution < -0.4 is 0 Å². The molecule has 0 aromatic heterocycles. The van der Waals surface area contributed by atoms with E-state index in [1.807, 2.05) is 36.0 Å². The fourth-order valence-electron chi connectivity index (χ4n) is 0.814. The number of rotatable bonds is 4. The molecule has 0 aliphatic rings. The van der Waals surface area contributed by atoms with Gasteiger partial charge in [0, 0.05) is 21.6 Å². The molecule has 1 atom stereocenters. The van der Waals surface area contributed by atoms with Gasteiger partial charge in [-0.15, -0.1) is 23.4 Å². The molecule has 0 fully saturated rings. The quantitative estimate of drug-likeness (QED) is 0.553. The first kappa shape index (κ1) is 11.2. The van der Waals surface area contributed by atoms with Gasteiger partial charge in [0.1, 0.15) is 0 Å². The van der Waals surface area contributed by atoms with Crippen molar-refractivity contribution in [2.45, 2.75) is 11.8 Å². The number of alkyl halides is 1. The van der Waals surface area contributed by atoms with Gasteiger partial charge in [-0.05, 0) is 30.2 Å². The maximum absolute atomic E-state index is 5.77. The van der Waals surface area contributed by atoms with Crippen molar-refractivity contribution in [3.05, 3.63) is 29.3 Å². The maximum Gasteiger partial charge on any atom is 0.0406 e. The maximum atomic E-state index is 5.77. The summed E-state index contributed by atoms with van der Waals surface area (Å²) in [4.78, 5) is 1.25. The van der Waals surface area contributed by atoms with Crippen LogP contribution in [0.1, 0.15) is 6.92 Å². The third-order valence-corrected chi connectivity index (χ3v) is 3.73. The van der Waals surface area contributed by atoms with E-state index in [1.54, 1.807) is 0 Å². The zero-order chi connectivity index (χ0) is 9.68. The van der Waals surface area contributed by atoms with Crippen molar-refractivity contribution >= 4 is 35.0 Å². The summed E-state index contributed by atoms with van der Waals surface area (Å²) in [7, 11) is 0. The van der Waals surface area contributed by atoms with Crippen LogP contribution in [0.25, 0.3) is 0 Å². The summed E-state index contributed by atoms with van der Waals surface area (Å²) in [6, 6.07) is 7.90. The second-order valence-corrected chi connectivity index (χ2v) is 4.86. The van der Waals surface area contributed by atoms with Crippen LogP contribution in [0.5, 0.6) is 0 Å². The van der Waals surface area contributed by atoms with Crippen molar-refractivity contribution in [1.82, 2.24) is 0 Å². The Labute approximate surface area is 93.6 Å². The molecule has 0 aliphatic carbocycles. The lowest BCUT2D eigenvalue weighted by atomic mass is 10.3. The fourth-order valence-corrected chi connectivity index (χ4v) is 2.10. The van der Waals surface area contributed by atoms with Crippen LogP contribution in [0, 0.1) is 5.92 Å². The highest BCUT2D eigenvalue weighted by Crippen LogP contribution is 2.22. The molecule has 3 heteroatoms. The summed E-state index contributed by atoms with van der Waals surface area (Å²) in [5.41, 5.74) is 0. The molecule has 0 saturated carbocycles. The van der Waals surface area contributed by atoms with Gasteiger partial charge in [0.25, 0.3) is 0 Å².